The molecular formula is C17H22N2O3. The summed E-state index contributed by atoms with van der Waals surface area (Å²) in [7, 11) is 1.71. The number of fused-ring (bicyclic) bond motifs is 5. The molecule has 2 fully saturated rings. The second-order valence-electron chi connectivity index (χ2n) is 6.51. The number of rotatable bonds is 6. The van der Waals surface area contributed by atoms with Gasteiger partial charge < -0.3 is 4.90 Å². The highest BCUT2D eigenvalue weighted by atomic mass is 16.2. The van der Waals surface area contributed by atoms with Crippen LogP contribution in [0.2, 0.25) is 0 Å². The average Bonchev–Trinajstić information content (AvgIpc) is 3.17. The van der Waals surface area contributed by atoms with Gasteiger partial charge in [-0.3, -0.25) is 19.3 Å². The smallest absolute Gasteiger partial charge is 0.242 e. The highest BCUT2D eigenvalue weighted by Crippen LogP contribution is 2.52. The molecule has 2 aliphatic carbocycles. The Morgan fingerprint density at radius 3 is 2.45 bits per heavy atom. The van der Waals surface area contributed by atoms with E-state index in [1.54, 1.807) is 11.9 Å². The standard InChI is InChI=1S/C17H22N2O3/c1-3-4-5-8-18(2)13(20)10-19-16(21)14-11-6-7-12(9-11)15(14)17(19)22/h3,6-7,11-12,14-15H,1,4-5,8-10H2,2H3/t11-,12-,14-,15+/m0/s1. The summed E-state index contributed by atoms with van der Waals surface area (Å²) < 4.78 is 0. The normalized spacial score (nSPS) is 31.8. The molecular weight excluding hydrogens is 280 g/mol. The monoisotopic (exact) mass is 302 g/mol. The zero-order chi connectivity index (χ0) is 15.9. The zero-order valence-corrected chi connectivity index (χ0v) is 12.9. The molecule has 3 amide bonds. The van der Waals surface area contributed by atoms with Crippen LogP contribution in [0.3, 0.4) is 0 Å². The first-order chi connectivity index (χ1) is 10.5. The molecule has 0 N–H and O–H groups in total. The fourth-order valence-electron chi connectivity index (χ4n) is 3.97. The number of carbonyl (C=O) groups excluding carboxylic acids is 3. The summed E-state index contributed by atoms with van der Waals surface area (Å²) in [4.78, 5) is 40.0. The maximum atomic E-state index is 12.5. The molecule has 1 saturated carbocycles. The van der Waals surface area contributed by atoms with Crippen molar-refractivity contribution in [2.45, 2.75) is 19.3 Å². The highest BCUT2D eigenvalue weighted by Gasteiger charge is 2.59. The summed E-state index contributed by atoms with van der Waals surface area (Å²) >= 11 is 0. The molecule has 5 nitrogen and oxygen atoms in total. The number of hydrogen-bond donors (Lipinski definition) is 0. The Kier molecular flexibility index (Phi) is 3.89. The molecule has 0 aromatic heterocycles. The summed E-state index contributed by atoms with van der Waals surface area (Å²) in [5.74, 6) is -0.540. The van der Waals surface area contributed by atoms with E-state index in [1.165, 1.54) is 4.90 Å². The third kappa shape index (κ3) is 2.28. The molecule has 0 spiro atoms. The van der Waals surface area contributed by atoms with Crippen LogP contribution < -0.4 is 0 Å². The Balaban J connectivity index is 1.62. The summed E-state index contributed by atoms with van der Waals surface area (Å²) in [6.45, 7) is 4.15. The van der Waals surface area contributed by atoms with Gasteiger partial charge in [-0.2, -0.15) is 0 Å². The quantitative estimate of drug-likeness (QED) is 0.421. The van der Waals surface area contributed by atoms with Gasteiger partial charge in [0.15, 0.2) is 0 Å². The minimum Gasteiger partial charge on any atom is -0.344 e. The summed E-state index contributed by atoms with van der Waals surface area (Å²) in [6.07, 6.45) is 8.53. The molecule has 22 heavy (non-hydrogen) atoms. The predicted octanol–water partition coefficient (Wildman–Crippen LogP) is 1.22. The van der Waals surface area contributed by atoms with Gasteiger partial charge in [-0.1, -0.05) is 18.2 Å². The molecule has 118 valence electrons. The molecule has 0 unspecified atom stereocenters. The SMILES string of the molecule is C=CCCCN(C)C(=O)CN1C(=O)[C@@H]2[C@H](C1=O)[C@H]1C=C[C@H]2C1. The number of carbonyl (C=O) groups is 3. The number of nitrogens with zero attached hydrogens (tertiary/aromatic N) is 2. The van der Waals surface area contributed by atoms with E-state index in [0.717, 1.165) is 19.3 Å². The van der Waals surface area contributed by atoms with Crippen LogP contribution in [0.1, 0.15) is 19.3 Å². The first kappa shape index (κ1) is 15.0. The van der Waals surface area contributed by atoms with Crippen molar-refractivity contribution in [2.75, 3.05) is 20.1 Å². The summed E-state index contributed by atoms with van der Waals surface area (Å²) in [5.41, 5.74) is 0. The fourth-order valence-corrected chi connectivity index (χ4v) is 3.97. The van der Waals surface area contributed by atoms with E-state index < -0.39 is 0 Å². The van der Waals surface area contributed by atoms with Crippen LogP contribution in [0.25, 0.3) is 0 Å². The molecule has 1 aliphatic heterocycles. The predicted molar refractivity (Wildman–Crippen MR) is 81.5 cm³/mol. The van der Waals surface area contributed by atoms with Gasteiger partial charge in [-0.05, 0) is 31.1 Å². The number of amides is 3. The molecule has 2 bridgehead atoms. The molecule has 1 heterocycles. The summed E-state index contributed by atoms with van der Waals surface area (Å²) in [6, 6.07) is 0. The van der Waals surface area contributed by atoms with E-state index >= 15 is 0 Å². The van der Waals surface area contributed by atoms with Crippen LogP contribution in [-0.2, 0) is 14.4 Å². The van der Waals surface area contributed by atoms with Crippen LogP contribution >= 0.6 is 0 Å². The van der Waals surface area contributed by atoms with Crippen molar-refractivity contribution < 1.29 is 14.4 Å². The number of likely N-dealkylation sites (tertiary alicyclic amines) is 1. The van der Waals surface area contributed by atoms with Crippen molar-refractivity contribution in [3.05, 3.63) is 24.8 Å². The van der Waals surface area contributed by atoms with Gasteiger partial charge >= 0.3 is 0 Å². The first-order valence-electron chi connectivity index (χ1n) is 7.93. The minimum absolute atomic E-state index is 0.116. The van der Waals surface area contributed by atoms with Crippen LogP contribution in [-0.4, -0.2) is 47.7 Å². The fraction of sp³-hybridized carbons (Fsp3) is 0.588. The van der Waals surface area contributed by atoms with Crippen molar-refractivity contribution in [3.63, 3.8) is 0 Å². The third-order valence-corrected chi connectivity index (χ3v) is 5.18. The first-order valence-corrected chi connectivity index (χ1v) is 7.93. The molecule has 0 aromatic rings. The van der Waals surface area contributed by atoms with Gasteiger partial charge in [-0.15, -0.1) is 6.58 Å². The molecule has 1 saturated heterocycles. The lowest BCUT2D eigenvalue weighted by Crippen LogP contribution is -2.42. The largest absolute Gasteiger partial charge is 0.344 e. The number of hydrogen-bond acceptors (Lipinski definition) is 3. The van der Waals surface area contributed by atoms with Crippen molar-refractivity contribution in [2.24, 2.45) is 23.7 Å². The van der Waals surface area contributed by atoms with E-state index in [-0.39, 0.29) is 47.9 Å². The van der Waals surface area contributed by atoms with Gasteiger partial charge in [0.05, 0.1) is 11.8 Å². The minimum atomic E-state index is -0.221. The second kappa shape index (κ2) is 5.71. The lowest BCUT2D eigenvalue weighted by atomic mass is 9.85. The van der Waals surface area contributed by atoms with E-state index in [4.69, 9.17) is 0 Å². The number of likely N-dealkylation sites (N-methyl/N-ethyl adjacent to an activating group) is 1. The van der Waals surface area contributed by atoms with Gasteiger partial charge in [0.1, 0.15) is 6.54 Å². The van der Waals surface area contributed by atoms with Crippen LogP contribution in [0.4, 0.5) is 0 Å². The topological polar surface area (TPSA) is 57.7 Å². The molecule has 0 radical (unpaired) electrons. The lowest BCUT2D eigenvalue weighted by molar-refractivity contribution is -0.146. The van der Waals surface area contributed by atoms with Gasteiger partial charge in [0.25, 0.3) is 0 Å². The molecule has 0 aromatic carbocycles. The highest BCUT2D eigenvalue weighted by molar-refractivity contribution is 6.08. The number of unbranched alkanes of at least 4 members (excludes halogenated alkanes) is 1. The van der Waals surface area contributed by atoms with Crippen molar-refractivity contribution in [3.8, 4) is 0 Å². The van der Waals surface area contributed by atoms with E-state index in [9.17, 15) is 14.4 Å². The van der Waals surface area contributed by atoms with E-state index in [1.807, 2.05) is 6.08 Å². The molecule has 3 rings (SSSR count). The van der Waals surface area contributed by atoms with Crippen LogP contribution in [0.15, 0.2) is 24.8 Å². The van der Waals surface area contributed by atoms with Crippen molar-refractivity contribution in [1.29, 1.82) is 0 Å². The molecule has 3 aliphatic rings. The molecule has 4 atom stereocenters. The summed E-state index contributed by atoms with van der Waals surface area (Å²) in [5, 5.41) is 0. The maximum Gasteiger partial charge on any atom is 0.242 e. The Morgan fingerprint density at radius 1 is 1.32 bits per heavy atom. The third-order valence-electron chi connectivity index (χ3n) is 5.18. The second-order valence-corrected chi connectivity index (χ2v) is 6.51. The number of imide groups is 1. The maximum absolute atomic E-state index is 12.5. The Hall–Kier alpha value is -1.91. The van der Waals surface area contributed by atoms with Gasteiger partial charge in [-0.25, -0.2) is 0 Å². The Bertz CT molecular complexity index is 524. The number of allylic oxidation sites excluding steroid dienone is 3. The van der Waals surface area contributed by atoms with Crippen molar-refractivity contribution >= 4 is 17.7 Å². The van der Waals surface area contributed by atoms with Crippen LogP contribution in [0, 0.1) is 23.7 Å². The zero-order valence-electron chi connectivity index (χ0n) is 12.9. The Labute approximate surface area is 130 Å². The Morgan fingerprint density at radius 2 is 1.91 bits per heavy atom. The van der Waals surface area contributed by atoms with Gasteiger partial charge in [0, 0.05) is 13.6 Å². The van der Waals surface area contributed by atoms with Gasteiger partial charge in [0.2, 0.25) is 17.7 Å². The average molecular weight is 302 g/mol. The van der Waals surface area contributed by atoms with Crippen LogP contribution in [0.5, 0.6) is 0 Å². The van der Waals surface area contributed by atoms with E-state index in [0.29, 0.717) is 6.54 Å². The van der Waals surface area contributed by atoms with Crippen molar-refractivity contribution in [1.82, 2.24) is 9.80 Å². The lowest BCUT2D eigenvalue weighted by Gasteiger charge is -2.21. The molecule has 5 heteroatoms. The van der Waals surface area contributed by atoms with E-state index in [2.05, 4.69) is 18.7 Å².